The van der Waals surface area contributed by atoms with Crippen molar-refractivity contribution in [3.05, 3.63) is 82.1 Å². The first-order valence-corrected chi connectivity index (χ1v) is 14.6. The summed E-state index contributed by atoms with van der Waals surface area (Å²) in [4.78, 5) is 40.1. The van der Waals surface area contributed by atoms with Crippen LogP contribution in [0.4, 0.5) is 15.8 Å². The molecule has 0 saturated heterocycles. The number of hydrogen-bond donors (Lipinski definition) is 3. The number of aliphatic hydroxyl groups excluding tert-OH is 1. The number of carbonyl (C=O) groups excluding carboxylic acids is 2. The molecule has 0 aliphatic carbocycles. The van der Waals surface area contributed by atoms with Gasteiger partial charge in [0.2, 0.25) is 5.91 Å². The van der Waals surface area contributed by atoms with E-state index in [1.807, 2.05) is 0 Å². The first kappa shape index (κ1) is 37.7. The minimum Gasteiger partial charge on any atom is -0.493 e. The van der Waals surface area contributed by atoms with Gasteiger partial charge in [0.15, 0.2) is 11.5 Å². The van der Waals surface area contributed by atoms with E-state index in [0.29, 0.717) is 38.9 Å². The maximum atomic E-state index is 14.7. The summed E-state index contributed by atoms with van der Waals surface area (Å²) in [5.74, 6) is -2.20. The van der Waals surface area contributed by atoms with Gasteiger partial charge in [-0.25, -0.2) is 4.39 Å². The van der Waals surface area contributed by atoms with Crippen LogP contribution in [0.2, 0.25) is 5.02 Å². The second-order valence-corrected chi connectivity index (χ2v) is 11.9. The number of ether oxygens (including phenoxy) is 3. The molecule has 3 aromatic rings. The molecule has 243 valence electrons. The minimum absolute atomic E-state index is 0. The summed E-state index contributed by atoms with van der Waals surface area (Å²) >= 11 is 6.45. The van der Waals surface area contributed by atoms with E-state index in [0.717, 1.165) is 6.07 Å². The quantitative estimate of drug-likeness (QED) is 0.221. The van der Waals surface area contributed by atoms with Crippen molar-refractivity contribution in [1.82, 2.24) is 0 Å². The largest absolute Gasteiger partial charge is 0.493 e. The normalized spacial score (nSPS) is 16.2. The Morgan fingerprint density at radius 3 is 2.48 bits per heavy atom. The molecular formula is C33H36AcClFN2O8. The number of benzene rings is 3. The molecule has 0 bridgehead atoms. The van der Waals surface area contributed by atoms with E-state index in [-0.39, 0.29) is 75.7 Å². The SMILES string of the molecule is COc1cccc([C@H]2O[C@H](CC(=O)Nc3cc(CCC(=O)O)ccc3F)C(=O)N(CC(C)(C)CO)c3ccc(Cl)cc32)c1OC.[Ac]. The van der Waals surface area contributed by atoms with Gasteiger partial charge in [0.1, 0.15) is 18.0 Å². The zero-order chi connectivity index (χ0) is 32.9. The summed E-state index contributed by atoms with van der Waals surface area (Å²) in [5, 5.41) is 22.0. The number of nitrogens with zero attached hydrogens (tertiary/aromatic N) is 1. The van der Waals surface area contributed by atoms with Gasteiger partial charge in [0.05, 0.1) is 26.3 Å². The van der Waals surface area contributed by atoms with Crippen LogP contribution in [0.5, 0.6) is 11.5 Å². The van der Waals surface area contributed by atoms with Crippen LogP contribution in [0.3, 0.4) is 0 Å². The number of para-hydroxylation sites is 1. The molecule has 2 amide bonds. The molecule has 0 saturated carbocycles. The first-order valence-electron chi connectivity index (χ1n) is 14.3. The van der Waals surface area contributed by atoms with Crippen LogP contribution in [0.15, 0.2) is 54.6 Å². The number of fused-ring (bicyclic) bond motifs is 1. The van der Waals surface area contributed by atoms with Crippen molar-refractivity contribution in [3.8, 4) is 11.5 Å². The van der Waals surface area contributed by atoms with Crippen LogP contribution >= 0.6 is 11.6 Å². The van der Waals surface area contributed by atoms with E-state index in [4.69, 9.17) is 30.9 Å². The van der Waals surface area contributed by atoms with Crippen molar-refractivity contribution in [3.63, 3.8) is 0 Å². The summed E-state index contributed by atoms with van der Waals surface area (Å²) in [7, 11) is 2.97. The smallest absolute Gasteiger partial charge is 0.303 e. The standard InChI is InChI=1S/C33H36ClFN2O8.Ac/c1-33(2,18-38)17-37-25-12-10-20(34)15-22(25)30(21-6-5-7-26(43-3)31(21)44-4)45-27(32(37)42)16-28(39)36-24-14-19(8-11-23(24)35)9-13-29(40)41;/h5-8,10-12,14-15,27,30,38H,9,13,16-18H2,1-4H3,(H,36,39)(H,40,41);/t27-,30-;/m1./s1. The number of amides is 2. The number of hydrogen-bond acceptors (Lipinski definition) is 7. The summed E-state index contributed by atoms with van der Waals surface area (Å²) < 4.78 is 32.3. The van der Waals surface area contributed by atoms with Gasteiger partial charge in [0.25, 0.3) is 5.91 Å². The number of halogens is 2. The van der Waals surface area contributed by atoms with Gasteiger partial charge in [-0.15, -0.1) is 0 Å². The van der Waals surface area contributed by atoms with Crippen molar-refractivity contribution in [2.75, 3.05) is 37.6 Å². The van der Waals surface area contributed by atoms with Crippen molar-refractivity contribution in [2.45, 2.75) is 45.3 Å². The Kier molecular flexibility index (Phi) is 13.4. The number of nitrogens with one attached hydrogen (secondary N) is 1. The Hall–Kier alpha value is -2.75. The summed E-state index contributed by atoms with van der Waals surface area (Å²) in [6.07, 6.45) is -2.82. The zero-order valence-electron chi connectivity index (χ0n) is 26.0. The zero-order valence-corrected chi connectivity index (χ0v) is 31.5. The molecule has 0 spiro atoms. The number of methoxy groups -OCH3 is 2. The van der Waals surface area contributed by atoms with Gasteiger partial charge in [-0.3, -0.25) is 14.4 Å². The Balaban J connectivity index is 0.00000576. The molecule has 0 unspecified atom stereocenters. The second kappa shape index (κ2) is 16.4. The number of rotatable bonds is 12. The molecule has 0 aromatic heterocycles. The molecule has 46 heavy (non-hydrogen) atoms. The van der Waals surface area contributed by atoms with Crippen molar-refractivity contribution >= 4 is 40.8 Å². The Morgan fingerprint density at radius 1 is 1.09 bits per heavy atom. The Bertz CT molecular complexity index is 1590. The van der Waals surface area contributed by atoms with E-state index in [9.17, 15) is 23.9 Å². The van der Waals surface area contributed by atoms with E-state index in [2.05, 4.69) is 5.32 Å². The van der Waals surface area contributed by atoms with E-state index >= 15 is 0 Å². The van der Waals surface area contributed by atoms with Gasteiger partial charge >= 0.3 is 5.97 Å². The van der Waals surface area contributed by atoms with Crippen LogP contribution in [0.25, 0.3) is 0 Å². The van der Waals surface area contributed by atoms with Crippen LogP contribution in [-0.2, 0) is 25.5 Å². The maximum absolute atomic E-state index is 14.7. The molecular weight excluding hydrogens is 834 g/mol. The van der Waals surface area contributed by atoms with Crippen molar-refractivity contribution in [2.24, 2.45) is 5.41 Å². The Labute approximate surface area is 307 Å². The second-order valence-electron chi connectivity index (χ2n) is 11.5. The molecule has 13 heteroatoms. The van der Waals surface area contributed by atoms with E-state index in [1.165, 1.54) is 31.3 Å². The number of anilines is 2. The van der Waals surface area contributed by atoms with Gasteiger partial charge < -0.3 is 34.6 Å². The van der Waals surface area contributed by atoms with E-state index in [1.54, 1.807) is 50.2 Å². The van der Waals surface area contributed by atoms with Gasteiger partial charge in [-0.05, 0) is 48.4 Å². The third-order valence-electron chi connectivity index (χ3n) is 7.44. The molecule has 2 atom stereocenters. The third kappa shape index (κ3) is 8.98. The number of carbonyl (C=O) groups is 3. The molecule has 1 heterocycles. The topological polar surface area (TPSA) is 135 Å². The summed E-state index contributed by atoms with van der Waals surface area (Å²) in [6, 6.07) is 14.2. The fourth-order valence-corrected chi connectivity index (χ4v) is 5.33. The number of aliphatic carboxylic acids is 1. The van der Waals surface area contributed by atoms with Crippen LogP contribution in [0.1, 0.15) is 49.5 Å². The van der Waals surface area contributed by atoms with E-state index < -0.39 is 47.6 Å². The van der Waals surface area contributed by atoms with Gasteiger partial charge in [-0.1, -0.05) is 43.6 Å². The molecule has 1 aliphatic heterocycles. The van der Waals surface area contributed by atoms with Crippen molar-refractivity contribution < 1.29 is 87.3 Å². The molecule has 10 nitrogen and oxygen atoms in total. The average molecular weight is 870 g/mol. The van der Waals surface area contributed by atoms with Crippen molar-refractivity contribution in [1.29, 1.82) is 0 Å². The molecule has 1 aliphatic rings. The number of carboxylic acids is 1. The average Bonchev–Trinajstić information content (AvgIpc) is 3.11. The number of aryl methyl sites for hydroxylation is 1. The van der Waals surface area contributed by atoms with Crippen LogP contribution in [-0.4, -0.2) is 61.5 Å². The predicted octanol–water partition coefficient (Wildman–Crippen LogP) is 5.38. The van der Waals surface area contributed by atoms with Crippen LogP contribution < -0.4 is 19.7 Å². The number of carboxylic acid groups (broad SMARTS) is 1. The Morgan fingerprint density at radius 2 is 1.83 bits per heavy atom. The summed E-state index contributed by atoms with van der Waals surface area (Å²) in [6.45, 7) is 3.45. The fraction of sp³-hybridized carbons (Fsp3) is 0.364. The molecule has 4 rings (SSSR count). The molecule has 1 radical (unpaired) electrons. The van der Waals surface area contributed by atoms with Crippen LogP contribution in [0, 0.1) is 55.3 Å². The monoisotopic (exact) mass is 869 g/mol. The molecule has 0 fully saturated rings. The molecule has 3 N–H and O–H groups in total. The molecule has 3 aromatic carbocycles. The van der Waals surface area contributed by atoms with Gasteiger partial charge in [-0.2, -0.15) is 0 Å². The maximum Gasteiger partial charge on any atom is 0.303 e. The third-order valence-corrected chi connectivity index (χ3v) is 7.67. The fourth-order valence-electron chi connectivity index (χ4n) is 5.15. The van der Waals surface area contributed by atoms with Gasteiger partial charge in [0, 0.05) is 90.9 Å². The first-order chi connectivity index (χ1) is 21.4. The predicted molar refractivity (Wildman–Crippen MR) is 167 cm³/mol. The summed E-state index contributed by atoms with van der Waals surface area (Å²) in [5.41, 5.74) is 1.15. The minimum atomic E-state index is -1.36. The number of aliphatic hydroxyl groups is 1.